The van der Waals surface area contributed by atoms with Gasteiger partial charge < -0.3 is 15.5 Å². The Bertz CT molecular complexity index is 838. The highest BCUT2D eigenvalue weighted by Crippen LogP contribution is 2.26. The number of hydrogen-bond donors (Lipinski definition) is 2. The summed E-state index contributed by atoms with van der Waals surface area (Å²) in [6.45, 7) is 4.24. The number of benzene rings is 2. The van der Waals surface area contributed by atoms with Crippen molar-refractivity contribution in [3.05, 3.63) is 65.0 Å². The van der Waals surface area contributed by atoms with Gasteiger partial charge in [0.15, 0.2) is 0 Å². The second-order valence-electron chi connectivity index (χ2n) is 6.49. The van der Waals surface area contributed by atoms with Gasteiger partial charge in [0.05, 0.1) is 6.04 Å². The molecule has 2 N–H and O–H groups in total. The molecule has 1 aliphatic rings. The second-order valence-corrected chi connectivity index (χ2v) is 6.49. The molecule has 0 radical (unpaired) electrons. The van der Waals surface area contributed by atoms with Gasteiger partial charge in [-0.2, -0.15) is 0 Å². The average Bonchev–Trinajstić information content (AvgIpc) is 2.61. The van der Waals surface area contributed by atoms with Crippen molar-refractivity contribution >= 4 is 17.6 Å². The summed E-state index contributed by atoms with van der Waals surface area (Å²) in [5.41, 5.74) is 3.34. The third kappa shape index (κ3) is 3.85. The first kappa shape index (κ1) is 17.9. The maximum absolute atomic E-state index is 13.9. The molecule has 0 spiro atoms. The van der Waals surface area contributed by atoms with Crippen LogP contribution in [0, 0.1) is 5.82 Å². The molecule has 6 heteroatoms. The molecule has 0 saturated heterocycles. The number of carbonyl (C=O) groups excluding carboxylic acids is 2. The lowest BCUT2D eigenvalue weighted by molar-refractivity contribution is -0.114. The Labute approximate surface area is 152 Å². The molecule has 0 aromatic heterocycles. The first-order valence-electron chi connectivity index (χ1n) is 8.64. The van der Waals surface area contributed by atoms with Gasteiger partial charge in [0, 0.05) is 31.3 Å². The molecule has 2 aromatic carbocycles. The molecule has 2 aromatic rings. The molecule has 1 unspecified atom stereocenters. The number of carbonyl (C=O) groups is 2. The lowest BCUT2D eigenvalue weighted by atomic mass is 9.98. The van der Waals surface area contributed by atoms with Crippen molar-refractivity contribution in [2.24, 2.45) is 0 Å². The fourth-order valence-corrected chi connectivity index (χ4v) is 3.27. The van der Waals surface area contributed by atoms with Crippen molar-refractivity contribution < 1.29 is 14.0 Å². The standard InChI is InChI=1S/C20H22FN3O2/c1-13(16-7-3-4-8-18(16)21)22-20(26)24-11-10-17-15(12-24)6-5-9-19(17)23-14(2)25/h3-9,13H,10-12H2,1-2H3,(H,22,26)(H,23,25). The zero-order valence-electron chi connectivity index (χ0n) is 14.9. The highest BCUT2D eigenvalue weighted by atomic mass is 19.1. The summed E-state index contributed by atoms with van der Waals surface area (Å²) in [4.78, 5) is 25.6. The van der Waals surface area contributed by atoms with Gasteiger partial charge in [-0.1, -0.05) is 30.3 Å². The number of anilines is 1. The Morgan fingerprint density at radius 3 is 2.65 bits per heavy atom. The molecule has 3 amide bonds. The number of urea groups is 1. The van der Waals surface area contributed by atoms with E-state index in [-0.39, 0.29) is 17.8 Å². The van der Waals surface area contributed by atoms with Crippen LogP contribution < -0.4 is 10.6 Å². The Morgan fingerprint density at radius 1 is 1.15 bits per heavy atom. The third-order valence-electron chi connectivity index (χ3n) is 4.58. The van der Waals surface area contributed by atoms with Crippen LogP contribution in [0.25, 0.3) is 0 Å². The number of hydrogen-bond acceptors (Lipinski definition) is 2. The van der Waals surface area contributed by atoms with E-state index in [1.807, 2.05) is 18.2 Å². The molecule has 136 valence electrons. The van der Waals surface area contributed by atoms with Crippen LogP contribution >= 0.6 is 0 Å². The summed E-state index contributed by atoms with van der Waals surface area (Å²) >= 11 is 0. The van der Waals surface area contributed by atoms with Gasteiger partial charge >= 0.3 is 6.03 Å². The van der Waals surface area contributed by atoms with Crippen molar-refractivity contribution in [3.8, 4) is 0 Å². The van der Waals surface area contributed by atoms with Gasteiger partial charge in [-0.25, -0.2) is 9.18 Å². The molecule has 3 rings (SSSR count). The van der Waals surface area contributed by atoms with Crippen molar-refractivity contribution in [3.63, 3.8) is 0 Å². The van der Waals surface area contributed by atoms with Crippen LogP contribution in [-0.4, -0.2) is 23.4 Å². The summed E-state index contributed by atoms with van der Waals surface area (Å²) in [6, 6.07) is 11.5. The first-order valence-corrected chi connectivity index (χ1v) is 8.64. The average molecular weight is 355 g/mol. The number of halogens is 1. The van der Waals surface area contributed by atoms with E-state index in [0.717, 1.165) is 16.8 Å². The highest BCUT2D eigenvalue weighted by molar-refractivity contribution is 5.90. The van der Waals surface area contributed by atoms with Crippen molar-refractivity contribution in [1.82, 2.24) is 10.2 Å². The molecular formula is C20H22FN3O2. The molecule has 1 heterocycles. The van der Waals surface area contributed by atoms with Gasteiger partial charge in [-0.05, 0) is 36.6 Å². The molecule has 0 bridgehead atoms. The van der Waals surface area contributed by atoms with Crippen LogP contribution in [0.1, 0.15) is 36.6 Å². The zero-order chi connectivity index (χ0) is 18.7. The van der Waals surface area contributed by atoms with Crippen LogP contribution in [-0.2, 0) is 17.8 Å². The minimum Gasteiger partial charge on any atom is -0.331 e. The SMILES string of the molecule is CC(=O)Nc1cccc2c1CCN(C(=O)NC(C)c1ccccc1F)C2. The zero-order valence-corrected chi connectivity index (χ0v) is 14.9. The topological polar surface area (TPSA) is 61.4 Å². The van der Waals surface area contributed by atoms with E-state index >= 15 is 0 Å². The van der Waals surface area contributed by atoms with E-state index in [0.29, 0.717) is 25.1 Å². The summed E-state index contributed by atoms with van der Waals surface area (Å²) in [6.07, 6.45) is 0.660. The molecule has 5 nitrogen and oxygen atoms in total. The molecule has 0 fully saturated rings. The van der Waals surface area contributed by atoms with Gasteiger partial charge in [-0.3, -0.25) is 4.79 Å². The van der Waals surface area contributed by atoms with Crippen LogP contribution in [0.2, 0.25) is 0 Å². The third-order valence-corrected chi connectivity index (χ3v) is 4.58. The van der Waals surface area contributed by atoms with E-state index in [4.69, 9.17) is 0 Å². The number of rotatable bonds is 3. The van der Waals surface area contributed by atoms with E-state index in [2.05, 4.69) is 10.6 Å². The fraction of sp³-hybridized carbons (Fsp3) is 0.300. The molecule has 1 aliphatic heterocycles. The predicted molar refractivity (Wildman–Crippen MR) is 98.2 cm³/mol. The van der Waals surface area contributed by atoms with E-state index in [9.17, 15) is 14.0 Å². The lowest BCUT2D eigenvalue weighted by Gasteiger charge is -2.31. The number of nitrogens with one attached hydrogen (secondary N) is 2. The highest BCUT2D eigenvalue weighted by Gasteiger charge is 2.24. The normalized spacial score (nSPS) is 14.3. The summed E-state index contributed by atoms with van der Waals surface area (Å²) < 4.78 is 13.9. The minimum absolute atomic E-state index is 0.114. The first-order chi connectivity index (χ1) is 12.5. The largest absolute Gasteiger partial charge is 0.331 e. The smallest absolute Gasteiger partial charge is 0.318 e. The van der Waals surface area contributed by atoms with Crippen molar-refractivity contribution in [2.75, 3.05) is 11.9 Å². The van der Waals surface area contributed by atoms with Crippen LogP contribution in [0.5, 0.6) is 0 Å². The molecule has 26 heavy (non-hydrogen) atoms. The number of fused-ring (bicyclic) bond motifs is 1. The minimum atomic E-state index is -0.421. The lowest BCUT2D eigenvalue weighted by Crippen LogP contribution is -2.43. The van der Waals surface area contributed by atoms with Gasteiger partial charge in [-0.15, -0.1) is 0 Å². The summed E-state index contributed by atoms with van der Waals surface area (Å²) in [5.74, 6) is -0.443. The van der Waals surface area contributed by atoms with Crippen molar-refractivity contribution in [2.45, 2.75) is 32.9 Å². The maximum atomic E-state index is 13.9. The Morgan fingerprint density at radius 2 is 1.92 bits per heavy atom. The van der Waals surface area contributed by atoms with E-state index in [1.54, 1.807) is 30.0 Å². The number of nitrogens with zero attached hydrogens (tertiary/aromatic N) is 1. The van der Waals surface area contributed by atoms with Crippen LogP contribution in [0.4, 0.5) is 14.9 Å². The van der Waals surface area contributed by atoms with Crippen LogP contribution in [0.15, 0.2) is 42.5 Å². The fourth-order valence-electron chi connectivity index (χ4n) is 3.27. The second kappa shape index (κ2) is 7.56. The monoisotopic (exact) mass is 355 g/mol. The molecular weight excluding hydrogens is 333 g/mol. The molecule has 1 atom stereocenters. The van der Waals surface area contributed by atoms with E-state index in [1.165, 1.54) is 13.0 Å². The quantitative estimate of drug-likeness (QED) is 0.883. The van der Waals surface area contributed by atoms with E-state index < -0.39 is 6.04 Å². The van der Waals surface area contributed by atoms with Gasteiger partial charge in [0.25, 0.3) is 0 Å². The number of amides is 3. The summed E-state index contributed by atoms with van der Waals surface area (Å²) in [5, 5.41) is 5.70. The maximum Gasteiger partial charge on any atom is 0.318 e. The van der Waals surface area contributed by atoms with Gasteiger partial charge in [0.1, 0.15) is 5.82 Å². The Balaban J connectivity index is 1.70. The summed E-state index contributed by atoms with van der Waals surface area (Å²) in [7, 11) is 0. The Kier molecular flexibility index (Phi) is 5.21. The Hall–Kier alpha value is -2.89. The molecule has 0 aliphatic carbocycles. The van der Waals surface area contributed by atoms with Gasteiger partial charge in [0.2, 0.25) is 5.91 Å². The van der Waals surface area contributed by atoms with Crippen LogP contribution in [0.3, 0.4) is 0 Å². The van der Waals surface area contributed by atoms with Crippen molar-refractivity contribution in [1.29, 1.82) is 0 Å². The molecule has 0 saturated carbocycles. The predicted octanol–water partition coefficient (Wildman–Crippen LogP) is 3.61.